The van der Waals surface area contributed by atoms with E-state index in [1.807, 2.05) is 6.92 Å². The van der Waals surface area contributed by atoms with Crippen molar-refractivity contribution in [3.8, 4) is 0 Å². The molecule has 0 radical (unpaired) electrons. The first-order chi connectivity index (χ1) is 5.74. The van der Waals surface area contributed by atoms with Crippen LogP contribution in [-0.4, -0.2) is 12.1 Å². The standard InChI is InChI=1S/C10H16O2/c1-3-8(2)10(11)12-9-6-4-5-7-9/h9H,2-7H2,1H3. The summed E-state index contributed by atoms with van der Waals surface area (Å²) in [4.78, 5) is 11.2. The zero-order chi connectivity index (χ0) is 8.97. The summed E-state index contributed by atoms with van der Waals surface area (Å²) in [6, 6.07) is 0. The highest BCUT2D eigenvalue weighted by atomic mass is 16.5. The maximum Gasteiger partial charge on any atom is 0.333 e. The number of hydrogen-bond donors (Lipinski definition) is 0. The predicted octanol–water partition coefficient (Wildman–Crippen LogP) is 2.44. The van der Waals surface area contributed by atoms with E-state index in [1.165, 1.54) is 12.8 Å². The van der Waals surface area contributed by atoms with Gasteiger partial charge in [-0.2, -0.15) is 0 Å². The van der Waals surface area contributed by atoms with Gasteiger partial charge in [0.25, 0.3) is 0 Å². The summed E-state index contributed by atoms with van der Waals surface area (Å²) >= 11 is 0. The van der Waals surface area contributed by atoms with Crippen LogP contribution in [0.5, 0.6) is 0 Å². The first-order valence-electron chi connectivity index (χ1n) is 4.62. The molecule has 68 valence electrons. The van der Waals surface area contributed by atoms with Gasteiger partial charge in [-0.1, -0.05) is 13.5 Å². The third-order valence-corrected chi connectivity index (χ3v) is 2.29. The molecule has 0 N–H and O–H groups in total. The van der Waals surface area contributed by atoms with Gasteiger partial charge >= 0.3 is 5.97 Å². The third kappa shape index (κ3) is 2.36. The molecule has 0 aromatic rings. The molecule has 1 saturated carbocycles. The largest absolute Gasteiger partial charge is 0.459 e. The second-order valence-electron chi connectivity index (χ2n) is 3.27. The number of carbonyl (C=O) groups is 1. The lowest BCUT2D eigenvalue weighted by Crippen LogP contribution is -2.15. The van der Waals surface area contributed by atoms with Gasteiger partial charge in [0, 0.05) is 5.57 Å². The lowest BCUT2D eigenvalue weighted by atomic mass is 10.2. The predicted molar refractivity (Wildman–Crippen MR) is 47.8 cm³/mol. The molecule has 0 bridgehead atoms. The molecule has 0 unspecified atom stereocenters. The summed E-state index contributed by atoms with van der Waals surface area (Å²) < 4.78 is 5.23. The summed E-state index contributed by atoms with van der Waals surface area (Å²) in [6.45, 7) is 5.56. The molecule has 2 heteroatoms. The fourth-order valence-corrected chi connectivity index (χ4v) is 1.39. The average molecular weight is 168 g/mol. The summed E-state index contributed by atoms with van der Waals surface area (Å²) in [7, 11) is 0. The van der Waals surface area contributed by atoms with E-state index in [-0.39, 0.29) is 12.1 Å². The Hall–Kier alpha value is -0.790. The van der Waals surface area contributed by atoms with Gasteiger partial charge in [0.15, 0.2) is 0 Å². The lowest BCUT2D eigenvalue weighted by Gasteiger charge is -2.11. The van der Waals surface area contributed by atoms with Crippen LogP contribution in [0.3, 0.4) is 0 Å². The van der Waals surface area contributed by atoms with E-state index in [2.05, 4.69) is 6.58 Å². The van der Waals surface area contributed by atoms with E-state index in [1.54, 1.807) is 0 Å². The third-order valence-electron chi connectivity index (χ3n) is 2.29. The first kappa shape index (κ1) is 9.30. The van der Waals surface area contributed by atoms with Crippen LogP contribution in [0.1, 0.15) is 39.0 Å². The highest BCUT2D eigenvalue weighted by Gasteiger charge is 2.19. The van der Waals surface area contributed by atoms with Crippen LogP contribution in [0.15, 0.2) is 12.2 Å². The molecule has 1 aliphatic rings. The van der Waals surface area contributed by atoms with Crippen molar-refractivity contribution in [2.45, 2.75) is 45.1 Å². The molecule has 1 fully saturated rings. The van der Waals surface area contributed by atoms with E-state index in [0.717, 1.165) is 12.8 Å². The van der Waals surface area contributed by atoms with Crippen LogP contribution >= 0.6 is 0 Å². The zero-order valence-corrected chi connectivity index (χ0v) is 7.64. The fraction of sp³-hybridized carbons (Fsp3) is 0.700. The number of carbonyl (C=O) groups excluding carboxylic acids is 1. The Morgan fingerprint density at radius 2 is 2.08 bits per heavy atom. The molecule has 0 saturated heterocycles. The molecule has 0 spiro atoms. The SMILES string of the molecule is C=C(CC)C(=O)OC1CCCC1. The molecule has 0 amide bonds. The summed E-state index contributed by atoms with van der Waals surface area (Å²) in [6.07, 6.45) is 5.30. The molecule has 0 aromatic carbocycles. The van der Waals surface area contributed by atoms with E-state index in [4.69, 9.17) is 4.74 Å². The van der Waals surface area contributed by atoms with E-state index < -0.39 is 0 Å². The number of hydrogen-bond acceptors (Lipinski definition) is 2. The second kappa shape index (κ2) is 4.29. The number of esters is 1. The molecule has 0 atom stereocenters. The monoisotopic (exact) mass is 168 g/mol. The Morgan fingerprint density at radius 1 is 1.50 bits per heavy atom. The molecule has 1 rings (SSSR count). The van der Waals surface area contributed by atoms with Gasteiger partial charge in [-0.3, -0.25) is 0 Å². The Labute approximate surface area is 73.6 Å². The Bertz CT molecular complexity index is 178. The lowest BCUT2D eigenvalue weighted by molar-refractivity contribution is -0.144. The van der Waals surface area contributed by atoms with E-state index in [9.17, 15) is 4.79 Å². The average Bonchev–Trinajstić information content (AvgIpc) is 2.55. The van der Waals surface area contributed by atoms with Gasteiger partial charge in [-0.05, 0) is 32.1 Å². The Morgan fingerprint density at radius 3 is 2.58 bits per heavy atom. The Kier molecular flexibility index (Phi) is 3.32. The molecule has 12 heavy (non-hydrogen) atoms. The molecule has 1 aliphatic carbocycles. The van der Waals surface area contributed by atoms with Gasteiger partial charge in [-0.15, -0.1) is 0 Å². The van der Waals surface area contributed by atoms with Crippen LogP contribution in [0.4, 0.5) is 0 Å². The van der Waals surface area contributed by atoms with Gasteiger partial charge in [0.05, 0.1) is 0 Å². The minimum Gasteiger partial charge on any atom is -0.459 e. The summed E-state index contributed by atoms with van der Waals surface area (Å²) in [5, 5.41) is 0. The van der Waals surface area contributed by atoms with Crippen molar-refractivity contribution in [3.63, 3.8) is 0 Å². The maximum absolute atomic E-state index is 11.2. The van der Waals surface area contributed by atoms with Crippen LogP contribution in [-0.2, 0) is 9.53 Å². The normalized spacial score (nSPS) is 17.8. The van der Waals surface area contributed by atoms with Crippen molar-refractivity contribution < 1.29 is 9.53 Å². The topological polar surface area (TPSA) is 26.3 Å². The van der Waals surface area contributed by atoms with E-state index in [0.29, 0.717) is 12.0 Å². The molecule has 0 heterocycles. The number of rotatable bonds is 3. The van der Waals surface area contributed by atoms with Crippen molar-refractivity contribution in [1.29, 1.82) is 0 Å². The van der Waals surface area contributed by atoms with E-state index >= 15 is 0 Å². The van der Waals surface area contributed by atoms with Crippen molar-refractivity contribution in [2.24, 2.45) is 0 Å². The molecule has 0 aliphatic heterocycles. The second-order valence-corrected chi connectivity index (χ2v) is 3.27. The van der Waals surface area contributed by atoms with Gasteiger partial charge < -0.3 is 4.74 Å². The summed E-state index contributed by atoms with van der Waals surface area (Å²) in [5.74, 6) is -0.204. The first-order valence-corrected chi connectivity index (χ1v) is 4.62. The van der Waals surface area contributed by atoms with Gasteiger partial charge in [0.1, 0.15) is 6.10 Å². The fourth-order valence-electron chi connectivity index (χ4n) is 1.39. The van der Waals surface area contributed by atoms with Crippen LogP contribution < -0.4 is 0 Å². The van der Waals surface area contributed by atoms with Crippen molar-refractivity contribution in [1.82, 2.24) is 0 Å². The highest BCUT2D eigenvalue weighted by molar-refractivity contribution is 5.87. The smallest absolute Gasteiger partial charge is 0.333 e. The van der Waals surface area contributed by atoms with Crippen molar-refractivity contribution >= 4 is 5.97 Å². The molecular formula is C10H16O2. The minimum absolute atomic E-state index is 0.167. The van der Waals surface area contributed by atoms with Crippen molar-refractivity contribution in [2.75, 3.05) is 0 Å². The van der Waals surface area contributed by atoms with Crippen molar-refractivity contribution in [3.05, 3.63) is 12.2 Å². The van der Waals surface area contributed by atoms with Crippen LogP contribution in [0.25, 0.3) is 0 Å². The highest BCUT2D eigenvalue weighted by Crippen LogP contribution is 2.21. The molecular weight excluding hydrogens is 152 g/mol. The van der Waals surface area contributed by atoms with Crippen LogP contribution in [0, 0.1) is 0 Å². The maximum atomic E-state index is 11.2. The quantitative estimate of drug-likeness (QED) is 0.478. The molecule has 0 aromatic heterocycles. The van der Waals surface area contributed by atoms with Gasteiger partial charge in [-0.25, -0.2) is 4.79 Å². The number of ether oxygens (including phenoxy) is 1. The minimum atomic E-state index is -0.204. The van der Waals surface area contributed by atoms with Gasteiger partial charge in [0.2, 0.25) is 0 Å². The zero-order valence-electron chi connectivity index (χ0n) is 7.64. The Balaban J connectivity index is 2.29. The molecule has 2 nitrogen and oxygen atoms in total. The summed E-state index contributed by atoms with van der Waals surface area (Å²) in [5.41, 5.74) is 0.585. The van der Waals surface area contributed by atoms with Crippen LogP contribution in [0.2, 0.25) is 0 Å².